The van der Waals surface area contributed by atoms with Crippen molar-refractivity contribution < 1.29 is 8.78 Å². The Morgan fingerprint density at radius 3 is 2.48 bits per heavy atom. The monoisotopic (exact) mass is 392 g/mol. The van der Waals surface area contributed by atoms with Crippen molar-refractivity contribution in [3.63, 3.8) is 0 Å². The van der Waals surface area contributed by atoms with Gasteiger partial charge in [0.25, 0.3) is 0 Å². The van der Waals surface area contributed by atoms with E-state index in [-0.39, 0.29) is 11.4 Å². The van der Waals surface area contributed by atoms with Crippen LogP contribution in [-0.2, 0) is 0 Å². The molecule has 148 valence electrons. The maximum Gasteiger partial charge on any atom is 0.149 e. The van der Waals surface area contributed by atoms with E-state index in [4.69, 9.17) is 5.73 Å². The van der Waals surface area contributed by atoms with Crippen LogP contribution in [0, 0.1) is 11.6 Å². The van der Waals surface area contributed by atoms with Crippen molar-refractivity contribution in [2.45, 2.75) is 6.92 Å². The second kappa shape index (κ2) is 8.14. The van der Waals surface area contributed by atoms with Gasteiger partial charge in [-0.2, -0.15) is 5.10 Å². The van der Waals surface area contributed by atoms with Gasteiger partial charge < -0.3 is 10.6 Å². The van der Waals surface area contributed by atoms with Crippen molar-refractivity contribution in [1.29, 1.82) is 0 Å². The molecule has 0 amide bonds. The quantitative estimate of drug-likeness (QED) is 0.455. The van der Waals surface area contributed by atoms with Gasteiger partial charge in [-0.1, -0.05) is 31.4 Å². The number of nitrogens with two attached hydrogens (primary N) is 1. The largest absolute Gasteiger partial charge is 0.396 e. The third-order valence-electron chi connectivity index (χ3n) is 4.63. The summed E-state index contributed by atoms with van der Waals surface area (Å²) < 4.78 is 29.7. The lowest BCUT2D eigenvalue weighted by atomic mass is 10.00. The molecule has 6 heteroatoms. The molecule has 1 heterocycles. The Morgan fingerprint density at radius 1 is 1.10 bits per heavy atom. The van der Waals surface area contributed by atoms with Crippen molar-refractivity contribution in [3.8, 4) is 5.69 Å². The number of para-hydroxylation sites is 1. The van der Waals surface area contributed by atoms with Crippen LogP contribution >= 0.6 is 0 Å². The molecule has 0 bridgehead atoms. The zero-order chi connectivity index (χ0) is 21.1. The standard InChI is InChI=1S/C23H22F2N4/c1-15(14-28(4)23-13-19(24)21(26)12-20(23)25)16(2)17(3)22-10-11-27-29(22)18-8-6-5-7-9-18/h5-14H,2-3,26H2,1,4H3/b15-14-. The van der Waals surface area contributed by atoms with Crippen LogP contribution in [0.5, 0.6) is 0 Å². The van der Waals surface area contributed by atoms with Gasteiger partial charge in [-0.05, 0) is 36.3 Å². The van der Waals surface area contributed by atoms with Gasteiger partial charge in [0.15, 0.2) is 0 Å². The molecular formula is C23H22F2N4. The second-order valence-electron chi connectivity index (χ2n) is 6.67. The highest BCUT2D eigenvalue weighted by Crippen LogP contribution is 2.29. The van der Waals surface area contributed by atoms with Crippen LogP contribution in [0.25, 0.3) is 11.3 Å². The minimum absolute atomic E-state index is 0.0730. The Balaban J connectivity index is 1.86. The molecule has 2 aromatic carbocycles. The molecule has 0 fully saturated rings. The van der Waals surface area contributed by atoms with Gasteiger partial charge in [-0.25, -0.2) is 13.5 Å². The van der Waals surface area contributed by atoms with E-state index in [0.717, 1.165) is 29.1 Å². The van der Waals surface area contributed by atoms with Crippen LogP contribution in [0.4, 0.5) is 20.2 Å². The molecule has 2 N–H and O–H groups in total. The number of nitrogens with zero attached hydrogens (tertiary/aromatic N) is 3. The molecule has 0 unspecified atom stereocenters. The van der Waals surface area contributed by atoms with Crippen molar-refractivity contribution in [2.75, 3.05) is 17.7 Å². The van der Waals surface area contributed by atoms with Crippen LogP contribution < -0.4 is 10.6 Å². The number of benzene rings is 2. The Kier molecular flexibility index (Phi) is 5.64. The number of hydrogen-bond donors (Lipinski definition) is 1. The first-order valence-corrected chi connectivity index (χ1v) is 8.93. The lowest BCUT2D eigenvalue weighted by Gasteiger charge is -2.19. The van der Waals surface area contributed by atoms with Crippen LogP contribution in [0.1, 0.15) is 12.6 Å². The summed E-state index contributed by atoms with van der Waals surface area (Å²) >= 11 is 0. The fourth-order valence-corrected chi connectivity index (χ4v) is 2.96. The van der Waals surface area contributed by atoms with Gasteiger partial charge in [-0.15, -0.1) is 0 Å². The van der Waals surface area contributed by atoms with Gasteiger partial charge in [0, 0.05) is 31.0 Å². The predicted molar refractivity (Wildman–Crippen MR) is 115 cm³/mol. The maximum atomic E-state index is 14.2. The second-order valence-corrected chi connectivity index (χ2v) is 6.67. The Bertz CT molecular complexity index is 1100. The fraction of sp³-hybridized carbons (Fsp3) is 0.0870. The number of nitrogen functional groups attached to an aromatic ring is 1. The summed E-state index contributed by atoms with van der Waals surface area (Å²) in [5, 5.41) is 4.37. The van der Waals surface area contributed by atoms with Gasteiger partial charge in [0.05, 0.1) is 29.0 Å². The molecule has 0 radical (unpaired) electrons. The molecular weight excluding hydrogens is 370 g/mol. The SMILES string of the molecule is C=C(C(=C)c1ccnn1-c1ccccc1)/C(C)=C\N(C)c1cc(F)c(N)cc1F. The van der Waals surface area contributed by atoms with Gasteiger partial charge >= 0.3 is 0 Å². The number of allylic oxidation sites excluding steroid dienone is 3. The number of rotatable bonds is 6. The van der Waals surface area contributed by atoms with Crippen LogP contribution in [-0.4, -0.2) is 16.8 Å². The third-order valence-corrected chi connectivity index (χ3v) is 4.63. The summed E-state index contributed by atoms with van der Waals surface area (Å²) in [5.74, 6) is -1.28. The van der Waals surface area contributed by atoms with Crippen LogP contribution in [0.15, 0.2) is 85.2 Å². The number of hydrogen-bond acceptors (Lipinski definition) is 3. The fourth-order valence-electron chi connectivity index (χ4n) is 2.96. The van der Waals surface area contributed by atoms with E-state index in [1.54, 1.807) is 24.1 Å². The highest BCUT2D eigenvalue weighted by Gasteiger charge is 2.14. The van der Waals surface area contributed by atoms with E-state index in [2.05, 4.69) is 18.3 Å². The average molecular weight is 392 g/mol. The first-order chi connectivity index (χ1) is 13.8. The average Bonchev–Trinajstić information content (AvgIpc) is 3.20. The van der Waals surface area contributed by atoms with E-state index in [9.17, 15) is 8.78 Å². The molecule has 0 atom stereocenters. The summed E-state index contributed by atoms with van der Waals surface area (Å²) in [7, 11) is 1.63. The van der Waals surface area contributed by atoms with Crippen molar-refractivity contribution in [1.82, 2.24) is 9.78 Å². The van der Waals surface area contributed by atoms with Gasteiger partial charge in [-0.3, -0.25) is 0 Å². The Morgan fingerprint density at radius 2 is 1.79 bits per heavy atom. The van der Waals surface area contributed by atoms with Crippen molar-refractivity contribution >= 4 is 16.9 Å². The van der Waals surface area contributed by atoms with Crippen molar-refractivity contribution in [3.05, 3.63) is 103 Å². The first-order valence-electron chi connectivity index (χ1n) is 8.93. The van der Waals surface area contributed by atoms with Crippen molar-refractivity contribution in [2.24, 2.45) is 0 Å². The summed E-state index contributed by atoms with van der Waals surface area (Å²) in [4.78, 5) is 1.49. The highest BCUT2D eigenvalue weighted by atomic mass is 19.1. The lowest BCUT2D eigenvalue weighted by molar-refractivity contribution is 0.604. The third kappa shape index (κ3) is 4.11. The summed E-state index contributed by atoms with van der Waals surface area (Å²) in [6, 6.07) is 13.6. The molecule has 3 aromatic rings. The minimum Gasteiger partial charge on any atom is -0.396 e. The van der Waals surface area contributed by atoms with Crippen LogP contribution in [0.2, 0.25) is 0 Å². The summed E-state index contributed by atoms with van der Waals surface area (Å²) in [6.07, 6.45) is 3.36. The molecule has 0 aliphatic rings. The summed E-state index contributed by atoms with van der Waals surface area (Å²) in [5.41, 5.74) is 9.03. The molecule has 1 aromatic heterocycles. The normalized spacial score (nSPS) is 11.4. The molecule has 0 saturated heterocycles. The van der Waals surface area contributed by atoms with E-state index in [1.165, 1.54) is 4.90 Å². The predicted octanol–water partition coefficient (Wildman–Crippen LogP) is 5.34. The van der Waals surface area contributed by atoms with E-state index in [1.807, 2.05) is 43.3 Å². The number of anilines is 2. The molecule has 0 saturated carbocycles. The molecule has 0 spiro atoms. The molecule has 3 rings (SSSR count). The van der Waals surface area contributed by atoms with E-state index < -0.39 is 11.6 Å². The van der Waals surface area contributed by atoms with E-state index in [0.29, 0.717) is 11.1 Å². The minimum atomic E-state index is -0.672. The smallest absolute Gasteiger partial charge is 0.149 e. The van der Waals surface area contributed by atoms with E-state index >= 15 is 0 Å². The zero-order valence-corrected chi connectivity index (χ0v) is 16.4. The molecule has 0 aliphatic carbocycles. The lowest BCUT2D eigenvalue weighted by Crippen LogP contribution is -2.12. The highest BCUT2D eigenvalue weighted by molar-refractivity contribution is 5.80. The number of aromatic nitrogens is 2. The Labute approximate surface area is 168 Å². The van der Waals surface area contributed by atoms with Gasteiger partial charge in [0.1, 0.15) is 11.6 Å². The number of halogens is 2. The van der Waals surface area contributed by atoms with Crippen LogP contribution in [0.3, 0.4) is 0 Å². The Hall–Kier alpha value is -3.67. The molecule has 0 aliphatic heterocycles. The molecule has 4 nitrogen and oxygen atoms in total. The zero-order valence-electron chi connectivity index (χ0n) is 16.4. The summed E-state index contributed by atoms with van der Waals surface area (Å²) in [6.45, 7) is 10.1. The first kappa shape index (κ1) is 20.1. The topological polar surface area (TPSA) is 47.1 Å². The maximum absolute atomic E-state index is 14.2. The molecule has 29 heavy (non-hydrogen) atoms. The van der Waals surface area contributed by atoms with Gasteiger partial charge in [0.2, 0.25) is 0 Å².